The van der Waals surface area contributed by atoms with Crippen molar-refractivity contribution in [1.29, 1.82) is 0 Å². The van der Waals surface area contributed by atoms with Gasteiger partial charge >= 0.3 is 0 Å². The van der Waals surface area contributed by atoms with E-state index in [1.54, 1.807) is 6.07 Å². The molecule has 3 rings (SSSR count). The molecule has 0 aliphatic heterocycles. The number of amides is 1. The first-order chi connectivity index (χ1) is 8.75. The van der Waals surface area contributed by atoms with Gasteiger partial charge in [0.15, 0.2) is 0 Å². The normalized spacial score (nSPS) is 10.7. The Morgan fingerprint density at radius 2 is 2.11 bits per heavy atom. The number of nitrogens with zero attached hydrogens (tertiary/aromatic N) is 4. The number of rotatable bonds is 2. The van der Waals surface area contributed by atoms with Crippen LogP contribution in [0.2, 0.25) is 0 Å². The summed E-state index contributed by atoms with van der Waals surface area (Å²) >= 11 is 0. The molecule has 0 fully saturated rings. The molecular formula is C11H8N6O. The van der Waals surface area contributed by atoms with Crippen molar-refractivity contribution in [3.63, 3.8) is 0 Å². The first-order valence-electron chi connectivity index (χ1n) is 5.19. The van der Waals surface area contributed by atoms with Gasteiger partial charge in [-0.15, -0.1) is 10.2 Å². The van der Waals surface area contributed by atoms with Crippen molar-refractivity contribution < 1.29 is 4.79 Å². The number of nitrogens with one attached hydrogen (secondary N) is 1. The fourth-order valence-corrected chi connectivity index (χ4v) is 1.74. The molecule has 7 nitrogen and oxygen atoms in total. The van der Waals surface area contributed by atoms with E-state index in [2.05, 4.69) is 25.6 Å². The second-order valence-electron chi connectivity index (χ2n) is 3.68. The van der Waals surface area contributed by atoms with E-state index in [0.29, 0.717) is 5.69 Å². The first-order valence-corrected chi connectivity index (χ1v) is 5.19. The molecule has 0 unspecified atom stereocenters. The summed E-state index contributed by atoms with van der Waals surface area (Å²) in [4.78, 5) is 15.8. The van der Waals surface area contributed by atoms with E-state index < -0.39 is 5.91 Å². The third kappa shape index (κ3) is 1.58. The first kappa shape index (κ1) is 10.3. The van der Waals surface area contributed by atoms with Crippen LogP contribution in [0.4, 0.5) is 0 Å². The number of benzene rings is 1. The van der Waals surface area contributed by atoms with Crippen LogP contribution in [-0.4, -0.2) is 31.5 Å². The largest absolute Gasteiger partial charge is 0.366 e. The van der Waals surface area contributed by atoms with E-state index in [4.69, 9.17) is 5.73 Å². The molecule has 0 bridgehead atoms. The Morgan fingerprint density at radius 3 is 2.83 bits per heavy atom. The van der Waals surface area contributed by atoms with E-state index in [1.165, 1.54) is 0 Å². The Kier molecular flexibility index (Phi) is 2.23. The lowest BCUT2D eigenvalue weighted by Crippen LogP contribution is -2.13. The average Bonchev–Trinajstić information content (AvgIpc) is 2.91. The van der Waals surface area contributed by atoms with Gasteiger partial charge in [0.1, 0.15) is 5.69 Å². The van der Waals surface area contributed by atoms with Crippen LogP contribution in [0.3, 0.4) is 0 Å². The predicted octanol–water partition coefficient (Wildman–Crippen LogP) is 0.514. The number of hydrogen-bond donors (Lipinski definition) is 2. The highest BCUT2D eigenvalue weighted by molar-refractivity contribution is 6.01. The van der Waals surface area contributed by atoms with Crippen molar-refractivity contribution >= 4 is 16.8 Å². The summed E-state index contributed by atoms with van der Waals surface area (Å²) in [5.41, 5.74) is 6.69. The van der Waals surface area contributed by atoms with Crippen LogP contribution in [0.5, 0.6) is 0 Å². The molecule has 1 amide bonds. The fraction of sp³-hybridized carbons (Fsp3) is 0. The van der Waals surface area contributed by atoms with Crippen molar-refractivity contribution in [3.8, 4) is 11.5 Å². The number of tetrazole rings is 1. The van der Waals surface area contributed by atoms with Crippen molar-refractivity contribution in [2.24, 2.45) is 5.73 Å². The molecular weight excluding hydrogens is 232 g/mol. The minimum Gasteiger partial charge on any atom is -0.366 e. The van der Waals surface area contributed by atoms with E-state index in [9.17, 15) is 4.79 Å². The van der Waals surface area contributed by atoms with Gasteiger partial charge in [0.25, 0.3) is 5.91 Å². The molecule has 3 N–H and O–H groups in total. The van der Waals surface area contributed by atoms with E-state index >= 15 is 0 Å². The summed E-state index contributed by atoms with van der Waals surface area (Å²) in [6, 6.07) is 9.09. The summed E-state index contributed by atoms with van der Waals surface area (Å²) in [5, 5.41) is 14.2. The Labute approximate surface area is 101 Å². The molecule has 0 radical (unpaired) electrons. The SMILES string of the molecule is NC(=O)c1cc2ccccc2nc1-c1nn[nH]n1. The zero-order valence-electron chi connectivity index (χ0n) is 9.16. The maximum Gasteiger partial charge on any atom is 0.251 e. The molecule has 0 aliphatic carbocycles. The van der Waals surface area contributed by atoms with Gasteiger partial charge in [-0.3, -0.25) is 4.79 Å². The number of aromatic nitrogens is 5. The fourth-order valence-electron chi connectivity index (χ4n) is 1.74. The minimum absolute atomic E-state index is 0.245. The molecule has 0 saturated heterocycles. The molecule has 18 heavy (non-hydrogen) atoms. The molecule has 88 valence electrons. The smallest absolute Gasteiger partial charge is 0.251 e. The summed E-state index contributed by atoms with van der Waals surface area (Å²) < 4.78 is 0. The monoisotopic (exact) mass is 240 g/mol. The van der Waals surface area contributed by atoms with Crippen LogP contribution in [0, 0.1) is 0 Å². The quantitative estimate of drug-likeness (QED) is 0.678. The van der Waals surface area contributed by atoms with Gasteiger partial charge in [0, 0.05) is 5.39 Å². The van der Waals surface area contributed by atoms with Gasteiger partial charge in [-0.2, -0.15) is 5.21 Å². The lowest BCUT2D eigenvalue weighted by molar-refractivity contribution is 0.100. The summed E-state index contributed by atoms with van der Waals surface area (Å²) in [5.74, 6) is -0.331. The van der Waals surface area contributed by atoms with Crippen molar-refractivity contribution in [1.82, 2.24) is 25.6 Å². The second kappa shape index (κ2) is 3.88. The van der Waals surface area contributed by atoms with E-state index in [1.807, 2.05) is 24.3 Å². The molecule has 1 aromatic carbocycles. The predicted molar refractivity (Wildman–Crippen MR) is 63.4 cm³/mol. The highest BCUT2D eigenvalue weighted by Crippen LogP contribution is 2.22. The summed E-state index contributed by atoms with van der Waals surface area (Å²) in [6.07, 6.45) is 0. The molecule has 0 atom stereocenters. The number of para-hydroxylation sites is 1. The number of nitrogens with two attached hydrogens (primary N) is 1. The Bertz CT molecular complexity index is 721. The number of H-pyrrole nitrogens is 1. The van der Waals surface area contributed by atoms with Gasteiger partial charge in [-0.1, -0.05) is 18.2 Å². The molecule has 3 aromatic rings. The number of pyridine rings is 1. The van der Waals surface area contributed by atoms with Crippen LogP contribution in [-0.2, 0) is 0 Å². The maximum absolute atomic E-state index is 11.5. The van der Waals surface area contributed by atoms with Crippen LogP contribution in [0.15, 0.2) is 30.3 Å². The molecule has 0 saturated carbocycles. The van der Waals surface area contributed by atoms with Crippen molar-refractivity contribution in [3.05, 3.63) is 35.9 Å². The molecule has 7 heteroatoms. The third-order valence-corrected chi connectivity index (χ3v) is 2.55. The standard InChI is InChI=1S/C11H8N6O/c12-10(18)7-5-6-3-1-2-4-8(6)13-9(7)11-14-16-17-15-11/h1-5H,(H2,12,18)(H,14,15,16,17). The molecule has 0 aliphatic rings. The number of aromatic amines is 1. The second-order valence-corrected chi connectivity index (χ2v) is 3.68. The maximum atomic E-state index is 11.5. The van der Waals surface area contributed by atoms with Crippen LogP contribution < -0.4 is 5.73 Å². The minimum atomic E-state index is -0.576. The van der Waals surface area contributed by atoms with Gasteiger partial charge in [-0.25, -0.2) is 4.98 Å². The molecule has 2 heterocycles. The number of fused-ring (bicyclic) bond motifs is 1. The van der Waals surface area contributed by atoms with Gasteiger partial charge < -0.3 is 5.73 Å². The Balaban J connectivity index is 2.34. The lowest BCUT2D eigenvalue weighted by Gasteiger charge is -2.04. The number of primary amides is 1. The number of carbonyl (C=O) groups excluding carboxylic acids is 1. The van der Waals surface area contributed by atoms with Gasteiger partial charge in [0.05, 0.1) is 11.1 Å². The van der Waals surface area contributed by atoms with E-state index in [0.717, 1.165) is 10.9 Å². The van der Waals surface area contributed by atoms with Gasteiger partial charge in [0.2, 0.25) is 5.82 Å². The molecule has 0 spiro atoms. The Hall–Kier alpha value is -2.83. The van der Waals surface area contributed by atoms with Crippen molar-refractivity contribution in [2.75, 3.05) is 0 Å². The highest BCUT2D eigenvalue weighted by atomic mass is 16.1. The van der Waals surface area contributed by atoms with E-state index in [-0.39, 0.29) is 11.4 Å². The molecule has 2 aromatic heterocycles. The summed E-state index contributed by atoms with van der Waals surface area (Å²) in [7, 11) is 0. The van der Waals surface area contributed by atoms with Crippen LogP contribution in [0.25, 0.3) is 22.4 Å². The zero-order valence-corrected chi connectivity index (χ0v) is 9.16. The Morgan fingerprint density at radius 1 is 1.28 bits per heavy atom. The van der Waals surface area contributed by atoms with Crippen LogP contribution >= 0.6 is 0 Å². The third-order valence-electron chi connectivity index (χ3n) is 2.55. The average molecular weight is 240 g/mol. The number of carbonyl (C=O) groups is 1. The lowest BCUT2D eigenvalue weighted by atomic mass is 10.1. The zero-order chi connectivity index (χ0) is 12.5. The topological polar surface area (TPSA) is 110 Å². The van der Waals surface area contributed by atoms with Crippen LogP contribution in [0.1, 0.15) is 10.4 Å². The number of hydrogen-bond acceptors (Lipinski definition) is 5. The highest BCUT2D eigenvalue weighted by Gasteiger charge is 2.16. The summed E-state index contributed by atoms with van der Waals surface area (Å²) in [6.45, 7) is 0. The van der Waals surface area contributed by atoms with Crippen molar-refractivity contribution in [2.45, 2.75) is 0 Å². The van der Waals surface area contributed by atoms with Gasteiger partial charge in [-0.05, 0) is 17.3 Å².